The minimum atomic E-state index is -0.177. The molecule has 0 aromatic carbocycles. The first-order chi connectivity index (χ1) is 6.60. The second kappa shape index (κ2) is 4.75. The third kappa shape index (κ3) is 2.45. The van der Waals surface area contributed by atoms with Crippen molar-refractivity contribution in [3.63, 3.8) is 0 Å². The van der Waals surface area contributed by atoms with E-state index in [1.54, 1.807) is 0 Å². The van der Waals surface area contributed by atoms with Crippen molar-refractivity contribution in [1.29, 1.82) is 0 Å². The van der Waals surface area contributed by atoms with Gasteiger partial charge >= 0.3 is 5.97 Å². The highest BCUT2D eigenvalue weighted by atomic mass is 16.5. The lowest BCUT2D eigenvalue weighted by molar-refractivity contribution is -0.145. The molecule has 0 amide bonds. The monoisotopic (exact) mass is 201 g/mol. The molecule has 1 saturated heterocycles. The molecule has 0 bridgehead atoms. The Labute approximate surface area is 84.7 Å². The van der Waals surface area contributed by atoms with Crippen LogP contribution in [0, 0.1) is 5.41 Å². The Hall–Kier alpha value is -0.610. The Morgan fingerprint density at radius 2 is 2.14 bits per heavy atom. The second-order valence-corrected chi connectivity index (χ2v) is 4.02. The number of ether oxygens (including phenoxy) is 2. The van der Waals surface area contributed by atoms with Gasteiger partial charge in [-0.2, -0.15) is 0 Å². The number of hydrogen-bond donors (Lipinski definition) is 1. The number of esters is 1. The van der Waals surface area contributed by atoms with E-state index in [0.29, 0.717) is 19.6 Å². The number of nitrogens with two attached hydrogens (primary N) is 1. The van der Waals surface area contributed by atoms with E-state index in [9.17, 15) is 4.79 Å². The Morgan fingerprint density at radius 3 is 2.57 bits per heavy atom. The van der Waals surface area contributed by atoms with Gasteiger partial charge in [-0.05, 0) is 25.2 Å². The zero-order chi connectivity index (χ0) is 10.6. The quantitative estimate of drug-likeness (QED) is 0.682. The van der Waals surface area contributed by atoms with Gasteiger partial charge in [0, 0.05) is 19.3 Å². The lowest BCUT2D eigenvalue weighted by atomic mass is 9.72. The lowest BCUT2D eigenvalue weighted by Gasteiger charge is -2.39. The van der Waals surface area contributed by atoms with Gasteiger partial charge in [-0.25, -0.2) is 0 Å². The molecule has 1 aliphatic heterocycles. The average Bonchev–Trinajstić information content (AvgIpc) is 2.19. The number of carbonyl (C=O) groups excluding carboxylic acids is 1. The van der Waals surface area contributed by atoms with Crippen LogP contribution in [0.15, 0.2) is 0 Å². The van der Waals surface area contributed by atoms with Crippen molar-refractivity contribution in [3.8, 4) is 0 Å². The third-order valence-electron chi connectivity index (χ3n) is 3.18. The minimum Gasteiger partial charge on any atom is -0.469 e. The highest BCUT2D eigenvalue weighted by molar-refractivity contribution is 5.70. The topological polar surface area (TPSA) is 61.5 Å². The van der Waals surface area contributed by atoms with Gasteiger partial charge in [-0.3, -0.25) is 4.79 Å². The maximum Gasteiger partial charge on any atom is 0.306 e. The zero-order valence-electron chi connectivity index (χ0n) is 8.91. The van der Waals surface area contributed by atoms with Crippen molar-refractivity contribution in [2.45, 2.75) is 32.2 Å². The number of carbonyl (C=O) groups is 1. The third-order valence-corrected chi connectivity index (χ3v) is 3.18. The van der Waals surface area contributed by atoms with E-state index in [1.807, 2.05) is 6.92 Å². The van der Waals surface area contributed by atoms with Crippen molar-refractivity contribution in [2.75, 3.05) is 20.3 Å². The Balaban J connectivity index is 2.65. The van der Waals surface area contributed by atoms with Gasteiger partial charge in [0.1, 0.15) is 0 Å². The molecule has 14 heavy (non-hydrogen) atoms. The van der Waals surface area contributed by atoms with Crippen LogP contribution < -0.4 is 5.73 Å². The number of methoxy groups -OCH3 is 1. The summed E-state index contributed by atoms with van der Waals surface area (Å²) in [5.41, 5.74) is 5.82. The lowest BCUT2D eigenvalue weighted by Crippen LogP contribution is -2.45. The van der Waals surface area contributed by atoms with Gasteiger partial charge in [-0.15, -0.1) is 0 Å². The Morgan fingerprint density at radius 1 is 1.57 bits per heavy atom. The maximum atomic E-state index is 11.3. The molecule has 0 radical (unpaired) electrons. The van der Waals surface area contributed by atoms with Crippen molar-refractivity contribution in [3.05, 3.63) is 0 Å². The van der Waals surface area contributed by atoms with Crippen molar-refractivity contribution in [1.82, 2.24) is 0 Å². The van der Waals surface area contributed by atoms with Crippen LogP contribution in [0.4, 0.5) is 0 Å². The highest BCUT2D eigenvalue weighted by Gasteiger charge is 2.38. The molecule has 0 spiro atoms. The van der Waals surface area contributed by atoms with Crippen LogP contribution in [-0.2, 0) is 14.3 Å². The van der Waals surface area contributed by atoms with Gasteiger partial charge in [0.25, 0.3) is 0 Å². The summed E-state index contributed by atoms with van der Waals surface area (Å²) in [7, 11) is 1.41. The number of hydrogen-bond acceptors (Lipinski definition) is 4. The van der Waals surface area contributed by atoms with E-state index in [1.165, 1.54) is 7.11 Å². The van der Waals surface area contributed by atoms with Gasteiger partial charge < -0.3 is 15.2 Å². The van der Waals surface area contributed by atoms with E-state index in [2.05, 4.69) is 0 Å². The van der Waals surface area contributed by atoms with Crippen LogP contribution in [0.3, 0.4) is 0 Å². The molecule has 0 aromatic heterocycles. The van der Waals surface area contributed by atoms with E-state index in [4.69, 9.17) is 15.2 Å². The molecule has 1 rings (SSSR count). The summed E-state index contributed by atoms with van der Waals surface area (Å²) >= 11 is 0. The molecule has 0 aromatic rings. The smallest absolute Gasteiger partial charge is 0.306 e. The van der Waals surface area contributed by atoms with E-state index in [0.717, 1.165) is 12.8 Å². The molecule has 1 atom stereocenters. The number of rotatable bonds is 3. The molecule has 1 fully saturated rings. The van der Waals surface area contributed by atoms with E-state index in [-0.39, 0.29) is 17.4 Å². The van der Waals surface area contributed by atoms with E-state index >= 15 is 0 Å². The van der Waals surface area contributed by atoms with Crippen LogP contribution in [0.5, 0.6) is 0 Å². The minimum absolute atomic E-state index is 0.00509. The van der Waals surface area contributed by atoms with Crippen LogP contribution >= 0.6 is 0 Å². The molecule has 1 unspecified atom stereocenters. The normalized spacial score (nSPS) is 22.8. The molecule has 4 heteroatoms. The fraction of sp³-hybridized carbons (Fsp3) is 0.900. The zero-order valence-corrected chi connectivity index (χ0v) is 8.91. The molecule has 0 aliphatic carbocycles. The summed E-state index contributed by atoms with van der Waals surface area (Å²) in [6, 6.07) is 0.00509. The van der Waals surface area contributed by atoms with Crippen LogP contribution in [-0.4, -0.2) is 32.3 Å². The fourth-order valence-electron chi connectivity index (χ4n) is 1.93. The molecular weight excluding hydrogens is 182 g/mol. The largest absolute Gasteiger partial charge is 0.469 e. The summed E-state index contributed by atoms with van der Waals surface area (Å²) in [5.74, 6) is -0.177. The summed E-state index contributed by atoms with van der Waals surface area (Å²) < 4.78 is 9.98. The van der Waals surface area contributed by atoms with Crippen LogP contribution in [0.1, 0.15) is 26.2 Å². The van der Waals surface area contributed by atoms with Crippen molar-refractivity contribution < 1.29 is 14.3 Å². The molecule has 1 heterocycles. The molecule has 2 N–H and O–H groups in total. The van der Waals surface area contributed by atoms with Gasteiger partial charge in [0.15, 0.2) is 0 Å². The fourth-order valence-corrected chi connectivity index (χ4v) is 1.93. The summed E-state index contributed by atoms with van der Waals surface area (Å²) in [5, 5.41) is 0. The average molecular weight is 201 g/mol. The van der Waals surface area contributed by atoms with Crippen LogP contribution in [0.2, 0.25) is 0 Å². The Bertz CT molecular complexity index is 198. The molecule has 82 valence electrons. The second-order valence-electron chi connectivity index (χ2n) is 4.02. The summed E-state index contributed by atoms with van der Waals surface area (Å²) in [4.78, 5) is 11.3. The van der Waals surface area contributed by atoms with Gasteiger partial charge in [0.05, 0.1) is 13.5 Å². The van der Waals surface area contributed by atoms with Gasteiger partial charge in [0.2, 0.25) is 0 Å². The summed E-state index contributed by atoms with van der Waals surface area (Å²) in [6.07, 6.45) is 2.10. The first kappa shape index (κ1) is 11.5. The van der Waals surface area contributed by atoms with Gasteiger partial charge in [-0.1, -0.05) is 0 Å². The maximum absolute atomic E-state index is 11.3. The predicted octanol–water partition coefficient (Wildman–Crippen LogP) is 0.693. The molecule has 4 nitrogen and oxygen atoms in total. The highest BCUT2D eigenvalue weighted by Crippen LogP contribution is 2.37. The van der Waals surface area contributed by atoms with Crippen molar-refractivity contribution >= 4 is 5.97 Å². The standard InChI is InChI=1S/C10H19NO3/c1-8(11)10(7-9(12)13-2)3-5-14-6-4-10/h8H,3-7,11H2,1-2H3. The first-order valence-electron chi connectivity index (χ1n) is 5.01. The molecule has 1 aliphatic rings. The first-order valence-corrected chi connectivity index (χ1v) is 5.01. The summed E-state index contributed by atoms with van der Waals surface area (Å²) in [6.45, 7) is 3.34. The molecule has 0 saturated carbocycles. The Kier molecular flexibility index (Phi) is 3.89. The van der Waals surface area contributed by atoms with Crippen LogP contribution in [0.25, 0.3) is 0 Å². The molecular formula is C10H19NO3. The van der Waals surface area contributed by atoms with E-state index < -0.39 is 0 Å². The predicted molar refractivity (Wildman–Crippen MR) is 52.8 cm³/mol. The van der Waals surface area contributed by atoms with Crippen molar-refractivity contribution in [2.24, 2.45) is 11.1 Å². The SMILES string of the molecule is COC(=O)CC1(C(C)N)CCOCC1.